The summed E-state index contributed by atoms with van der Waals surface area (Å²) in [4.78, 5) is 16.6. The van der Waals surface area contributed by atoms with Crippen molar-refractivity contribution in [3.8, 4) is 11.4 Å². The first kappa shape index (κ1) is 18.5. The number of urea groups is 1. The number of nitrogens with zero attached hydrogens (tertiary/aromatic N) is 2. The Kier molecular flexibility index (Phi) is 4.77. The quantitative estimate of drug-likeness (QED) is 0.468. The van der Waals surface area contributed by atoms with Gasteiger partial charge in [-0.25, -0.2) is 4.79 Å². The zero-order valence-electron chi connectivity index (χ0n) is 16.5. The summed E-state index contributed by atoms with van der Waals surface area (Å²) in [5.74, 6) is 0.636. The second-order valence-corrected chi connectivity index (χ2v) is 8.09. The van der Waals surface area contributed by atoms with Crippen molar-refractivity contribution in [2.75, 3.05) is 12.4 Å². The molecule has 30 heavy (non-hydrogen) atoms. The van der Waals surface area contributed by atoms with Gasteiger partial charge in [-0.05, 0) is 47.3 Å². The van der Waals surface area contributed by atoms with Gasteiger partial charge >= 0.3 is 6.03 Å². The number of nitrogens with one attached hydrogen (secondary N) is 1. The number of amides is 2. The summed E-state index contributed by atoms with van der Waals surface area (Å²) in [5, 5.41) is 5.11. The van der Waals surface area contributed by atoms with Crippen molar-refractivity contribution in [3.63, 3.8) is 0 Å². The fourth-order valence-electron chi connectivity index (χ4n) is 4.02. The van der Waals surface area contributed by atoms with Crippen molar-refractivity contribution in [3.05, 3.63) is 101 Å². The lowest BCUT2D eigenvalue weighted by molar-refractivity contribution is 0.195. The van der Waals surface area contributed by atoms with E-state index in [4.69, 9.17) is 4.74 Å². The van der Waals surface area contributed by atoms with Gasteiger partial charge in [0.25, 0.3) is 0 Å². The monoisotopic (exact) mass is 415 g/mol. The Morgan fingerprint density at radius 1 is 1.03 bits per heavy atom. The number of rotatable bonds is 3. The smallest absolute Gasteiger partial charge is 0.323 e. The molecule has 4 aromatic rings. The van der Waals surface area contributed by atoms with E-state index in [1.54, 1.807) is 18.4 Å². The van der Waals surface area contributed by atoms with Crippen LogP contribution in [0, 0.1) is 0 Å². The fraction of sp³-hybridized carbons (Fsp3) is 0.125. The highest BCUT2D eigenvalue weighted by Crippen LogP contribution is 2.38. The van der Waals surface area contributed by atoms with Crippen molar-refractivity contribution in [1.82, 2.24) is 9.47 Å². The Morgan fingerprint density at radius 3 is 2.70 bits per heavy atom. The number of carbonyl (C=O) groups excluding carboxylic acids is 1. The number of carbonyl (C=O) groups is 1. The average Bonchev–Trinajstić information content (AvgIpc) is 3.45. The van der Waals surface area contributed by atoms with Crippen LogP contribution in [-0.2, 0) is 6.54 Å². The van der Waals surface area contributed by atoms with Gasteiger partial charge in [0.2, 0.25) is 0 Å². The molecule has 2 amide bonds. The minimum Gasteiger partial charge on any atom is -0.495 e. The number of aromatic nitrogens is 1. The Balaban J connectivity index is 1.61. The molecule has 0 saturated carbocycles. The summed E-state index contributed by atoms with van der Waals surface area (Å²) in [5.41, 5.74) is 3.93. The van der Waals surface area contributed by atoms with Gasteiger partial charge in [-0.15, -0.1) is 11.3 Å². The van der Waals surface area contributed by atoms with Crippen molar-refractivity contribution in [2.24, 2.45) is 0 Å². The number of hydrogen-bond donors (Lipinski definition) is 1. The van der Waals surface area contributed by atoms with Crippen LogP contribution in [-0.4, -0.2) is 22.6 Å². The highest BCUT2D eigenvalue weighted by atomic mass is 32.1. The van der Waals surface area contributed by atoms with Gasteiger partial charge in [-0.3, -0.25) is 0 Å². The summed E-state index contributed by atoms with van der Waals surface area (Å²) in [6.45, 7) is 0.501. The van der Waals surface area contributed by atoms with Gasteiger partial charge < -0.3 is 19.5 Å². The van der Waals surface area contributed by atoms with E-state index in [2.05, 4.69) is 45.7 Å². The maximum Gasteiger partial charge on any atom is 0.323 e. The van der Waals surface area contributed by atoms with Crippen molar-refractivity contribution in [1.29, 1.82) is 0 Å². The second-order valence-electron chi connectivity index (χ2n) is 7.11. The molecule has 1 aliphatic rings. The predicted molar refractivity (Wildman–Crippen MR) is 119 cm³/mol. The van der Waals surface area contributed by atoms with E-state index in [0.29, 0.717) is 18.0 Å². The SMILES string of the molecule is COc1ccccc1NC(=O)N1Cc2ccccc2-n2cccc2C1c1cccs1. The minimum atomic E-state index is -0.192. The first-order valence-electron chi connectivity index (χ1n) is 9.76. The second kappa shape index (κ2) is 7.72. The van der Waals surface area contributed by atoms with Crippen LogP contribution in [0.1, 0.15) is 22.2 Å². The molecule has 0 radical (unpaired) electrons. The largest absolute Gasteiger partial charge is 0.495 e. The summed E-state index contributed by atoms with van der Waals surface area (Å²) in [6.07, 6.45) is 2.07. The van der Waals surface area contributed by atoms with Crippen LogP contribution >= 0.6 is 11.3 Å². The Bertz CT molecular complexity index is 1180. The van der Waals surface area contributed by atoms with Gasteiger partial charge in [0.15, 0.2) is 0 Å². The van der Waals surface area contributed by atoms with Crippen LogP contribution in [0.5, 0.6) is 5.75 Å². The highest BCUT2D eigenvalue weighted by Gasteiger charge is 2.33. The number of fused-ring (bicyclic) bond motifs is 3. The van der Waals surface area contributed by atoms with Crippen LogP contribution in [0.2, 0.25) is 0 Å². The average molecular weight is 416 g/mol. The third kappa shape index (κ3) is 3.15. The Labute approximate surface area is 179 Å². The standard InChI is InChI=1S/C24H21N3O2S/c1-29-21-12-5-3-9-18(21)25-24(28)27-16-17-8-2-4-10-19(17)26-14-6-11-20(26)23(27)22-13-7-15-30-22/h2-15,23H,16H2,1H3,(H,25,28). The zero-order valence-corrected chi connectivity index (χ0v) is 17.3. The number of methoxy groups -OCH3 is 1. The molecule has 0 saturated heterocycles. The highest BCUT2D eigenvalue weighted by molar-refractivity contribution is 7.10. The molecule has 1 N–H and O–H groups in total. The topological polar surface area (TPSA) is 46.5 Å². The number of ether oxygens (including phenoxy) is 1. The van der Waals surface area contributed by atoms with Crippen LogP contribution in [0.3, 0.4) is 0 Å². The first-order valence-corrected chi connectivity index (χ1v) is 10.6. The third-order valence-electron chi connectivity index (χ3n) is 5.39. The molecule has 1 aliphatic heterocycles. The molecule has 0 spiro atoms. The first-order chi connectivity index (χ1) is 14.8. The lowest BCUT2D eigenvalue weighted by atomic mass is 10.1. The zero-order chi connectivity index (χ0) is 20.5. The van der Waals surface area contributed by atoms with Crippen molar-refractivity contribution in [2.45, 2.75) is 12.6 Å². The number of anilines is 1. The molecular formula is C24H21N3O2S. The molecule has 0 fully saturated rings. The maximum absolute atomic E-state index is 13.6. The van der Waals surface area contributed by atoms with Gasteiger partial charge in [0.05, 0.1) is 30.7 Å². The summed E-state index contributed by atoms with van der Waals surface area (Å²) >= 11 is 1.66. The van der Waals surface area contributed by atoms with Crippen molar-refractivity contribution >= 4 is 23.1 Å². The van der Waals surface area contributed by atoms with Crippen LogP contribution in [0.4, 0.5) is 10.5 Å². The Morgan fingerprint density at radius 2 is 1.87 bits per heavy atom. The summed E-state index contributed by atoms with van der Waals surface area (Å²) in [6, 6.07) is 23.6. The van der Waals surface area contributed by atoms with Crippen LogP contribution < -0.4 is 10.1 Å². The van der Waals surface area contributed by atoms with Gasteiger partial charge in [0, 0.05) is 11.1 Å². The number of thiophene rings is 1. The van der Waals surface area contributed by atoms with E-state index in [0.717, 1.165) is 21.8 Å². The molecule has 5 nitrogen and oxygen atoms in total. The molecule has 3 heterocycles. The van der Waals surface area contributed by atoms with Crippen LogP contribution in [0.25, 0.3) is 5.69 Å². The van der Waals surface area contributed by atoms with E-state index < -0.39 is 0 Å². The van der Waals surface area contributed by atoms with E-state index >= 15 is 0 Å². The fourth-order valence-corrected chi connectivity index (χ4v) is 4.87. The van der Waals surface area contributed by atoms with Crippen molar-refractivity contribution < 1.29 is 9.53 Å². The number of hydrogen-bond acceptors (Lipinski definition) is 3. The summed E-state index contributed by atoms with van der Waals surface area (Å²) < 4.78 is 7.61. The number of benzene rings is 2. The normalized spacial score (nSPS) is 15.1. The van der Waals surface area contributed by atoms with Gasteiger partial charge in [0.1, 0.15) is 11.8 Å². The van der Waals surface area contributed by atoms with Gasteiger partial charge in [-0.1, -0.05) is 36.4 Å². The molecule has 5 rings (SSSR count). The molecule has 1 unspecified atom stereocenters. The molecule has 0 bridgehead atoms. The molecular weight excluding hydrogens is 394 g/mol. The molecule has 0 aliphatic carbocycles. The van der Waals surface area contributed by atoms with E-state index in [1.807, 2.05) is 53.4 Å². The molecule has 6 heteroatoms. The molecule has 2 aromatic heterocycles. The lowest BCUT2D eigenvalue weighted by Gasteiger charge is -2.30. The van der Waals surface area contributed by atoms with E-state index in [9.17, 15) is 4.79 Å². The minimum absolute atomic E-state index is 0.164. The lowest BCUT2D eigenvalue weighted by Crippen LogP contribution is -2.37. The van der Waals surface area contributed by atoms with Crippen LogP contribution in [0.15, 0.2) is 84.4 Å². The third-order valence-corrected chi connectivity index (χ3v) is 6.31. The number of para-hydroxylation sites is 3. The molecule has 1 atom stereocenters. The van der Waals surface area contributed by atoms with Gasteiger partial charge in [-0.2, -0.15) is 0 Å². The Hall–Kier alpha value is -3.51. The van der Waals surface area contributed by atoms with E-state index in [-0.39, 0.29) is 12.1 Å². The maximum atomic E-state index is 13.6. The van der Waals surface area contributed by atoms with E-state index in [1.165, 1.54) is 0 Å². The molecule has 2 aromatic carbocycles. The summed E-state index contributed by atoms with van der Waals surface area (Å²) in [7, 11) is 1.61. The predicted octanol–water partition coefficient (Wildman–Crippen LogP) is 5.68. The molecule has 150 valence electrons.